The first kappa shape index (κ1) is 24.5. The van der Waals surface area contributed by atoms with Crippen LogP contribution in [-0.2, 0) is 10.0 Å². The fourth-order valence-corrected chi connectivity index (χ4v) is 7.69. The minimum absolute atomic E-state index is 0.0298. The number of sulfonamides is 1. The van der Waals surface area contributed by atoms with Crippen LogP contribution >= 0.6 is 11.3 Å². The van der Waals surface area contributed by atoms with Gasteiger partial charge in [0, 0.05) is 12.6 Å². The van der Waals surface area contributed by atoms with Crippen molar-refractivity contribution in [3.63, 3.8) is 0 Å². The number of rotatable bonds is 8. The third-order valence-corrected chi connectivity index (χ3v) is 9.87. The number of nitrogens with zero attached hydrogens (tertiary/aromatic N) is 1. The molecular weight excluding hydrogens is 454 g/mol. The number of thiazole rings is 1. The number of hydrogen-bond acceptors (Lipinski definition) is 6. The van der Waals surface area contributed by atoms with Crippen LogP contribution in [0.4, 0.5) is 5.13 Å². The van der Waals surface area contributed by atoms with E-state index >= 15 is 0 Å². The monoisotopic (exact) mass is 491 g/mol. The van der Waals surface area contributed by atoms with E-state index in [1.165, 1.54) is 45.6 Å². The SMILES string of the molecule is COc1ccc(-c2sc(NCC3CCCCC3)nc2C)cc1S(=O)(=O)NC1CCCCC1C. The standard InChI is InChI=1S/C25H37N3O3S2/c1-17-9-7-8-12-21(17)28-33(29,30)23-15-20(13-14-22(23)31-3)24-18(2)27-25(32-24)26-16-19-10-5-4-6-11-19/h13-15,17,19,21,28H,4-12,16H2,1-3H3,(H,26,27). The third kappa shape index (κ3) is 5.89. The molecule has 0 saturated heterocycles. The van der Waals surface area contributed by atoms with Gasteiger partial charge < -0.3 is 10.1 Å². The lowest BCUT2D eigenvalue weighted by atomic mass is 9.87. The summed E-state index contributed by atoms with van der Waals surface area (Å²) >= 11 is 1.59. The largest absolute Gasteiger partial charge is 0.495 e. The van der Waals surface area contributed by atoms with Crippen molar-refractivity contribution in [2.75, 3.05) is 19.0 Å². The highest BCUT2D eigenvalue weighted by molar-refractivity contribution is 7.89. The smallest absolute Gasteiger partial charge is 0.244 e. The second-order valence-corrected chi connectivity index (χ2v) is 12.4. The molecule has 182 valence electrons. The molecule has 4 rings (SSSR count). The molecule has 2 aliphatic rings. The summed E-state index contributed by atoms with van der Waals surface area (Å²) in [5.41, 5.74) is 1.77. The van der Waals surface area contributed by atoms with Gasteiger partial charge in [-0.2, -0.15) is 0 Å². The highest BCUT2D eigenvalue weighted by atomic mass is 32.2. The molecule has 2 N–H and O–H groups in total. The predicted molar refractivity (Wildman–Crippen MR) is 136 cm³/mol. The Morgan fingerprint density at radius 3 is 2.55 bits per heavy atom. The van der Waals surface area contributed by atoms with Crippen LogP contribution in [0, 0.1) is 18.8 Å². The summed E-state index contributed by atoms with van der Waals surface area (Å²) in [5.74, 6) is 1.43. The van der Waals surface area contributed by atoms with Crippen LogP contribution in [0.5, 0.6) is 5.75 Å². The molecule has 8 heteroatoms. The Bertz CT molecular complexity index is 1050. The van der Waals surface area contributed by atoms with Gasteiger partial charge in [0.1, 0.15) is 10.6 Å². The first-order valence-corrected chi connectivity index (χ1v) is 14.6. The predicted octanol–water partition coefficient (Wildman–Crippen LogP) is 5.98. The van der Waals surface area contributed by atoms with Gasteiger partial charge in [0.05, 0.1) is 17.7 Å². The Morgan fingerprint density at radius 1 is 1.09 bits per heavy atom. The number of benzene rings is 1. The van der Waals surface area contributed by atoms with E-state index in [0.29, 0.717) is 11.7 Å². The lowest BCUT2D eigenvalue weighted by Crippen LogP contribution is -2.41. The molecule has 1 aromatic carbocycles. The van der Waals surface area contributed by atoms with Gasteiger partial charge >= 0.3 is 0 Å². The molecule has 1 aromatic heterocycles. The minimum atomic E-state index is -3.70. The molecule has 0 spiro atoms. The quantitative estimate of drug-likeness (QED) is 0.475. The van der Waals surface area contributed by atoms with Crippen molar-refractivity contribution in [3.05, 3.63) is 23.9 Å². The van der Waals surface area contributed by atoms with E-state index < -0.39 is 10.0 Å². The number of ether oxygens (including phenoxy) is 1. The average Bonchev–Trinajstić information content (AvgIpc) is 3.20. The summed E-state index contributed by atoms with van der Waals surface area (Å²) in [7, 11) is -2.19. The number of nitrogens with one attached hydrogen (secondary N) is 2. The summed E-state index contributed by atoms with van der Waals surface area (Å²) < 4.78 is 35.1. The minimum Gasteiger partial charge on any atom is -0.495 e. The second-order valence-electron chi connectivity index (χ2n) is 9.67. The molecule has 2 aromatic rings. The van der Waals surface area contributed by atoms with Gasteiger partial charge in [-0.1, -0.05) is 50.4 Å². The van der Waals surface area contributed by atoms with Gasteiger partial charge in [-0.25, -0.2) is 18.1 Å². The summed E-state index contributed by atoms with van der Waals surface area (Å²) in [5, 5.41) is 4.43. The number of hydrogen-bond donors (Lipinski definition) is 2. The van der Waals surface area contributed by atoms with Crippen molar-refractivity contribution >= 4 is 26.5 Å². The zero-order valence-electron chi connectivity index (χ0n) is 20.0. The van der Waals surface area contributed by atoms with E-state index in [1.807, 2.05) is 13.0 Å². The molecule has 2 atom stereocenters. The average molecular weight is 492 g/mol. The summed E-state index contributed by atoms with van der Waals surface area (Å²) in [6.45, 7) is 5.07. The van der Waals surface area contributed by atoms with E-state index in [-0.39, 0.29) is 10.9 Å². The Kier molecular flexibility index (Phi) is 7.97. The van der Waals surface area contributed by atoms with E-state index in [1.54, 1.807) is 23.5 Å². The normalized spacial score (nSPS) is 22.3. The van der Waals surface area contributed by atoms with Gasteiger partial charge in [0.2, 0.25) is 10.0 Å². The maximum Gasteiger partial charge on any atom is 0.244 e. The fraction of sp³-hybridized carbons (Fsp3) is 0.640. The van der Waals surface area contributed by atoms with Crippen molar-refractivity contribution in [1.29, 1.82) is 0 Å². The molecule has 2 aliphatic carbocycles. The Balaban J connectivity index is 1.55. The van der Waals surface area contributed by atoms with Crippen molar-refractivity contribution in [3.8, 4) is 16.2 Å². The van der Waals surface area contributed by atoms with Crippen molar-refractivity contribution in [2.24, 2.45) is 11.8 Å². The number of methoxy groups -OCH3 is 1. The number of anilines is 1. The van der Waals surface area contributed by atoms with Crippen molar-refractivity contribution in [1.82, 2.24) is 9.71 Å². The topological polar surface area (TPSA) is 80.3 Å². The lowest BCUT2D eigenvalue weighted by molar-refractivity contribution is 0.310. The third-order valence-electron chi connectivity index (χ3n) is 7.20. The van der Waals surface area contributed by atoms with Gasteiger partial charge in [-0.05, 0) is 68.2 Å². The lowest BCUT2D eigenvalue weighted by Gasteiger charge is -2.29. The summed E-state index contributed by atoms with van der Waals surface area (Å²) in [6, 6.07) is 5.38. The number of aromatic nitrogens is 1. The summed E-state index contributed by atoms with van der Waals surface area (Å²) in [4.78, 5) is 5.91. The van der Waals surface area contributed by atoms with E-state index in [4.69, 9.17) is 9.72 Å². The van der Waals surface area contributed by atoms with Crippen LogP contribution in [0.15, 0.2) is 23.1 Å². The molecule has 2 fully saturated rings. The fourth-order valence-electron chi connectivity index (χ4n) is 5.14. The van der Waals surface area contributed by atoms with Crippen molar-refractivity contribution < 1.29 is 13.2 Å². The van der Waals surface area contributed by atoms with Crippen LogP contribution in [0.2, 0.25) is 0 Å². The first-order chi connectivity index (χ1) is 15.9. The van der Waals surface area contributed by atoms with E-state index in [9.17, 15) is 8.42 Å². The molecule has 0 amide bonds. The van der Waals surface area contributed by atoms with E-state index in [0.717, 1.165) is 53.0 Å². The van der Waals surface area contributed by atoms with Crippen LogP contribution in [0.3, 0.4) is 0 Å². The van der Waals surface area contributed by atoms with Crippen LogP contribution in [0.1, 0.15) is 70.4 Å². The Morgan fingerprint density at radius 2 is 1.82 bits per heavy atom. The maximum absolute atomic E-state index is 13.4. The van der Waals surface area contributed by atoms with Gasteiger partial charge in [-0.3, -0.25) is 0 Å². The molecule has 0 radical (unpaired) electrons. The molecule has 0 aliphatic heterocycles. The Hall–Kier alpha value is -1.64. The van der Waals surface area contributed by atoms with Crippen LogP contribution in [0.25, 0.3) is 10.4 Å². The first-order valence-electron chi connectivity index (χ1n) is 12.3. The van der Waals surface area contributed by atoms with Gasteiger partial charge in [0.15, 0.2) is 5.13 Å². The summed E-state index contributed by atoms with van der Waals surface area (Å²) in [6.07, 6.45) is 10.7. The molecule has 33 heavy (non-hydrogen) atoms. The molecule has 2 saturated carbocycles. The van der Waals surface area contributed by atoms with Crippen LogP contribution in [-0.4, -0.2) is 33.1 Å². The highest BCUT2D eigenvalue weighted by Crippen LogP contribution is 2.37. The maximum atomic E-state index is 13.4. The Labute approximate surface area is 202 Å². The molecular formula is C25H37N3O3S2. The van der Waals surface area contributed by atoms with Gasteiger partial charge in [0.25, 0.3) is 0 Å². The zero-order chi connectivity index (χ0) is 23.4. The molecule has 2 unspecified atom stereocenters. The molecule has 6 nitrogen and oxygen atoms in total. The zero-order valence-corrected chi connectivity index (χ0v) is 21.7. The van der Waals surface area contributed by atoms with Crippen LogP contribution < -0.4 is 14.8 Å². The van der Waals surface area contributed by atoms with Gasteiger partial charge in [-0.15, -0.1) is 0 Å². The van der Waals surface area contributed by atoms with E-state index in [2.05, 4.69) is 17.0 Å². The number of aryl methyl sites for hydroxylation is 1. The second kappa shape index (κ2) is 10.7. The molecule has 1 heterocycles. The molecule has 0 bridgehead atoms. The highest BCUT2D eigenvalue weighted by Gasteiger charge is 2.29. The van der Waals surface area contributed by atoms with Crippen molar-refractivity contribution in [2.45, 2.75) is 82.6 Å².